The van der Waals surface area contributed by atoms with Gasteiger partial charge in [0.05, 0.1) is 107 Å². The van der Waals surface area contributed by atoms with Crippen molar-refractivity contribution >= 4 is 90.5 Å². The zero-order valence-electron chi connectivity index (χ0n) is 55.9. The number of fused-ring (bicyclic) bond motifs is 2. The van der Waals surface area contributed by atoms with E-state index in [9.17, 15) is 40.2 Å². The van der Waals surface area contributed by atoms with Crippen LogP contribution in [0, 0.1) is 45.3 Å². The molecule has 0 bridgehead atoms. The Hall–Kier alpha value is -14.0. The first-order chi connectivity index (χ1) is 51.6. The van der Waals surface area contributed by atoms with Crippen LogP contribution in [0.5, 0.6) is 46.0 Å². The third-order valence-electron chi connectivity index (χ3n) is 18.5. The zero-order valence-corrected chi connectivity index (χ0v) is 55.9. The van der Waals surface area contributed by atoms with Crippen LogP contribution in [0.3, 0.4) is 0 Å². The van der Waals surface area contributed by atoms with E-state index < -0.39 is 72.7 Å². The van der Waals surface area contributed by atoms with Crippen LogP contribution >= 0.6 is 0 Å². The highest BCUT2D eigenvalue weighted by molar-refractivity contribution is 6.45. The van der Waals surface area contributed by atoms with Gasteiger partial charge in [-0.15, -0.1) is 0 Å². The summed E-state index contributed by atoms with van der Waals surface area (Å²) in [6.45, 7) is 0.591. The Balaban J connectivity index is 1.02. The number of amides is 6. The first-order valence-corrected chi connectivity index (χ1v) is 33.7. The molecule has 0 aromatic heterocycles. The van der Waals surface area contributed by atoms with Crippen molar-refractivity contribution in [3.63, 3.8) is 0 Å². The molecule has 24 nitrogen and oxygen atoms in total. The standard InChI is InChI=1S/C82H56N8O16/c83-37-47-11-19-51(20-12-47)103-63-33-57-69-58(78(94)89(77(57)93)61(31-45-7-3-1-4-8-45)81(97)99-29-27-67(91)87-41-55-43-101-55)34-64(104-52-21-13-48(38-84)14-22-52)72-74-66(106-54-25-17-50(40-86)18-26-54)36-60-70-59(35-65(73(76(70)74)71(63)75(69)72)105-53-23-15-49(39-85)16-24-53)79(95)90(80(60)96)62(32-46-9-5-2-6-10-46)82(98)100-30-28-68(92)88-42-56-44-102-56/h1-26,33-36,55-56,61-62H,27-32,41-44H2,(H,87,91)(H,88,92). The van der Waals surface area contributed by atoms with Crippen molar-refractivity contribution < 1.29 is 76.3 Å². The van der Waals surface area contributed by atoms with E-state index in [0.29, 0.717) is 24.3 Å². The summed E-state index contributed by atoms with van der Waals surface area (Å²) in [5.74, 6) is -7.18. The van der Waals surface area contributed by atoms with E-state index in [-0.39, 0.29) is 185 Å². The van der Waals surface area contributed by atoms with Gasteiger partial charge in [-0.2, -0.15) is 21.0 Å². The topological polar surface area (TPSA) is 343 Å². The lowest BCUT2D eigenvalue weighted by Crippen LogP contribution is -2.52. The molecular weight excluding hydrogens is 1350 g/mol. The lowest BCUT2D eigenvalue weighted by Gasteiger charge is -2.35. The number of ether oxygens (including phenoxy) is 8. The smallest absolute Gasteiger partial charge is 0.329 e. The minimum atomic E-state index is -1.70. The predicted molar refractivity (Wildman–Crippen MR) is 378 cm³/mol. The van der Waals surface area contributed by atoms with E-state index in [2.05, 4.69) is 34.9 Å². The Labute approximate surface area is 602 Å². The highest BCUT2D eigenvalue weighted by Crippen LogP contribution is 2.58. The molecule has 2 N–H and O–H groups in total. The molecule has 24 heteroatoms. The lowest BCUT2D eigenvalue weighted by atomic mass is 9.80. The molecule has 2 saturated heterocycles. The van der Waals surface area contributed by atoms with Gasteiger partial charge in [0.1, 0.15) is 71.3 Å². The number of rotatable bonds is 26. The van der Waals surface area contributed by atoms with Gasteiger partial charge in [0.25, 0.3) is 23.6 Å². The Bertz CT molecular complexity index is 5030. The Morgan fingerprint density at radius 3 is 0.925 bits per heavy atom. The molecule has 11 aromatic carbocycles. The number of esters is 2. The molecule has 520 valence electrons. The molecule has 4 aliphatic rings. The number of epoxide rings is 2. The summed E-state index contributed by atoms with van der Waals surface area (Å²) < 4.78 is 50.3. The molecule has 106 heavy (non-hydrogen) atoms. The van der Waals surface area contributed by atoms with E-state index in [4.69, 9.17) is 37.9 Å². The lowest BCUT2D eigenvalue weighted by molar-refractivity contribution is -0.150. The van der Waals surface area contributed by atoms with Crippen molar-refractivity contribution in [3.05, 3.63) is 238 Å². The van der Waals surface area contributed by atoms with Crippen molar-refractivity contribution in [2.45, 2.75) is 50.0 Å². The third-order valence-corrected chi connectivity index (χ3v) is 18.5. The van der Waals surface area contributed by atoms with Gasteiger partial charge in [-0.05, 0) is 132 Å². The molecule has 6 amide bonds. The summed E-state index contributed by atoms with van der Waals surface area (Å²) in [7, 11) is 0. The van der Waals surface area contributed by atoms with Gasteiger partial charge in [-0.25, -0.2) is 9.59 Å². The van der Waals surface area contributed by atoms with Crippen LogP contribution in [-0.4, -0.2) is 121 Å². The number of nitriles is 4. The maximum atomic E-state index is 16.3. The van der Waals surface area contributed by atoms with Gasteiger partial charge in [-0.1, -0.05) is 60.7 Å². The van der Waals surface area contributed by atoms with E-state index in [1.165, 1.54) is 121 Å². The fraction of sp³-hybridized carbons (Fsp3) is 0.171. The fourth-order valence-electron chi connectivity index (χ4n) is 13.3. The first kappa shape index (κ1) is 67.8. The number of carbonyl (C=O) groups excluding carboxylic acids is 8. The number of hydrogen-bond donors (Lipinski definition) is 2. The number of nitrogens with zero attached hydrogens (tertiary/aromatic N) is 6. The van der Waals surface area contributed by atoms with Gasteiger partial charge < -0.3 is 48.5 Å². The van der Waals surface area contributed by atoms with E-state index in [1.807, 2.05) is 0 Å². The molecule has 4 aliphatic heterocycles. The van der Waals surface area contributed by atoms with Crippen LogP contribution in [0.2, 0.25) is 0 Å². The van der Waals surface area contributed by atoms with Gasteiger partial charge in [0, 0.05) is 69.0 Å². The Morgan fingerprint density at radius 2 is 0.670 bits per heavy atom. The van der Waals surface area contributed by atoms with Gasteiger partial charge in [0.2, 0.25) is 11.8 Å². The van der Waals surface area contributed by atoms with E-state index >= 15 is 19.2 Å². The molecule has 4 atom stereocenters. The van der Waals surface area contributed by atoms with Crippen LogP contribution in [0.4, 0.5) is 0 Å². The van der Waals surface area contributed by atoms with Crippen molar-refractivity contribution in [1.29, 1.82) is 21.0 Å². The Morgan fingerprint density at radius 1 is 0.396 bits per heavy atom. The molecule has 4 unspecified atom stereocenters. The molecule has 2 fully saturated rings. The zero-order chi connectivity index (χ0) is 73.3. The van der Waals surface area contributed by atoms with Crippen molar-refractivity contribution in [3.8, 4) is 70.3 Å². The molecule has 0 saturated carbocycles. The monoisotopic (exact) mass is 1410 g/mol. The number of benzene rings is 11. The third kappa shape index (κ3) is 13.5. The molecule has 15 rings (SSSR count). The quantitative estimate of drug-likeness (QED) is 0.0167. The van der Waals surface area contributed by atoms with Crippen LogP contribution in [0.15, 0.2) is 182 Å². The van der Waals surface area contributed by atoms with Crippen LogP contribution in [-0.2, 0) is 51.0 Å². The second kappa shape index (κ2) is 28.8. The van der Waals surface area contributed by atoms with E-state index in [1.54, 1.807) is 60.7 Å². The average molecular weight is 1410 g/mol. The number of carbonyl (C=O) groups is 8. The maximum Gasteiger partial charge on any atom is 0.329 e. The van der Waals surface area contributed by atoms with Crippen molar-refractivity contribution in [1.82, 2.24) is 20.4 Å². The minimum absolute atomic E-state index is 0.0264. The summed E-state index contributed by atoms with van der Waals surface area (Å²) in [5, 5.41) is 45.8. The van der Waals surface area contributed by atoms with Crippen molar-refractivity contribution in [2.24, 2.45) is 0 Å². The second-order valence-corrected chi connectivity index (χ2v) is 25.4. The van der Waals surface area contributed by atoms with Crippen LogP contribution in [0.25, 0.3) is 43.1 Å². The number of imide groups is 2. The fourth-order valence-corrected chi connectivity index (χ4v) is 13.3. The molecule has 4 heterocycles. The molecular formula is C82H56N8O16. The van der Waals surface area contributed by atoms with Gasteiger partial charge in [0.15, 0.2) is 0 Å². The normalized spacial score (nSPS) is 15.2. The summed E-state index contributed by atoms with van der Waals surface area (Å²) in [5.41, 5.74) is 1.19. The van der Waals surface area contributed by atoms with Crippen molar-refractivity contribution in [2.75, 3.05) is 39.5 Å². The van der Waals surface area contributed by atoms with Gasteiger partial charge in [-0.3, -0.25) is 38.6 Å². The Kier molecular flexibility index (Phi) is 18.4. The molecule has 0 radical (unpaired) electrons. The number of nitrogens with one attached hydrogen (secondary N) is 2. The van der Waals surface area contributed by atoms with E-state index in [0.717, 1.165) is 9.80 Å². The highest BCUT2D eigenvalue weighted by atomic mass is 16.6. The second-order valence-electron chi connectivity index (χ2n) is 25.4. The van der Waals surface area contributed by atoms with Crippen LogP contribution < -0.4 is 29.6 Å². The summed E-state index contributed by atoms with van der Waals surface area (Å²) in [6, 6.07) is 51.7. The summed E-state index contributed by atoms with van der Waals surface area (Å²) in [6.07, 6.45) is -1.35. The summed E-state index contributed by atoms with van der Waals surface area (Å²) >= 11 is 0. The van der Waals surface area contributed by atoms with Crippen LogP contribution in [0.1, 0.15) is 87.7 Å². The largest absolute Gasteiger partial charge is 0.464 e. The predicted octanol–water partition coefficient (Wildman–Crippen LogP) is 11.7. The first-order valence-electron chi connectivity index (χ1n) is 33.7. The number of hydrogen-bond acceptors (Lipinski definition) is 20. The highest BCUT2D eigenvalue weighted by Gasteiger charge is 2.47. The maximum absolute atomic E-state index is 16.3. The van der Waals surface area contributed by atoms with Gasteiger partial charge >= 0.3 is 11.9 Å². The molecule has 0 aliphatic carbocycles. The summed E-state index contributed by atoms with van der Waals surface area (Å²) in [4.78, 5) is 123. The average Bonchev–Trinajstić information content (AvgIpc) is 0.692. The SMILES string of the molecule is N#Cc1ccc(Oc2cc3c4c(cc(Oc5ccc(C#N)cc5)c5c6c(Oc7ccc(C#N)cc7)cc7c8c(cc(Oc9ccc(C#N)cc9)c(c2c45)c86)C(=O)N(C(Cc2ccccc2)C(=O)OCCC(=O)NCC2CO2)C7=O)C(=O)N(C(Cc2ccccc2)C(=O)OCCC(=O)NCC2CO2)C3=O)cc1. The molecule has 11 aromatic rings. The minimum Gasteiger partial charge on any atom is -0.464 e. The molecule has 0 spiro atoms.